The van der Waals surface area contributed by atoms with Crippen molar-refractivity contribution in [2.45, 2.75) is 45.4 Å². The molecule has 1 heterocycles. The fraction of sp³-hybridized carbons (Fsp3) is 0.370. The molecule has 1 amide bonds. The predicted molar refractivity (Wildman–Crippen MR) is 131 cm³/mol. The van der Waals surface area contributed by atoms with Gasteiger partial charge < -0.3 is 15.2 Å². The van der Waals surface area contributed by atoms with Gasteiger partial charge in [0.2, 0.25) is 0 Å². The van der Waals surface area contributed by atoms with Gasteiger partial charge in [-0.25, -0.2) is 0 Å². The largest absolute Gasteiger partial charge is 0.486 e. The molecule has 192 valence electrons. The summed E-state index contributed by atoms with van der Waals surface area (Å²) in [5.74, 6) is -1.94. The highest BCUT2D eigenvalue weighted by Crippen LogP contribution is 2.34. The Labute approximate surface area is 207 Å². The van der Waals surface area contributed by atoms with Crippen LogP contribution in [-0.4, -0.2) is 35.9 Å². The van der Waals surface area contributed by atoms with E-state index in [1.165, 1.54) is 6.08 Å². The molecule has 2 N–H and O–H groups in total. The Kier molecular flexibility index (Phi) is 8.90. The molecule has 0 bridgehead atoms. The molecular weight excluding hydrogens is 473 g/mol. The molecule has 2 unspecified atom stereocenters. The molecule has 0 aliphatic carbocycles. The maximum atomic E-state index is 12.8. The van der Waals surface area contributed by atoms with E-state index in [4.69, 9.17) is 9.84 Å². The van der Waals surface area contributed by atoms with E-state index in [9.17, 15) is 22.8 Å². The molecule has 1 aliphatic heterocycles. The van der Waals surface area contributed by atoms with Crippen molar-refractivity contribution in [3.8, 4) is 5.75 Å². The molecule has 1 aliphatic rings. The number of carboxylic acids is 1. The lowest BCUT2D eigenvalue weighted by Gasteiger charge is -2.22. The number of aliphatic imine (C=N–C) groups is 1. The normalized spacial score (nSPS) is 16.4. The number of rotatable bonds is 10. The summed E-state index contributed by atoms with van der Waals surface area (Å²) in [5, 5.41) is 11.3. The maximum Gasteiger partial charge on any atom is 0.396 e. The van der Waals surface area contributed by atoms with E-state index >= 15 is 0 Å². The zero-order valence-electron chi connectivity index (χ0n) is 20.1. The molecule has 2 atom stereocenters. The highest BCUT2D eigenvalue weighted by atomic mass is 19.4. The lowest BCUT2D eigenvalue weighted by molar-refractivity contribution is -0.153. The number of halogens is 3. The predicted octanol–water partition coefficient (Wildman–Crippen LogP) is 6.05. The summed E-state index contributed by atoms with van der Waals surface area (Å²) in [4.78, 5) is 26.8. The monoisotopic (exact) mass is 502 g/mol. The number of hydrogen-bond donors (Lipinski definition) is 2. The van der Waals surface area contributed by atoms with E-state index in [1.807, 2.05) is 12.1 Å². The third-order valence-corrected chi connectivity index (χ3v) is 5.66. The van der Waals surface area contributed by atoms with Crippen molar-refractivity contribution in [1.82, 2.24) is 5.32 Å². The summed E-state index contributed by atoms with van der Waals surface area (Å²) in [6.45, 7) is 4.20. The van der Waals surface area contributed by atoms with E-state index < -0.39 is 18.1 Å². The first kappa shape index (κ1) is 27.0. The average molecular weight is 503 g/mol. The third-order valence-electron chi connectivity index (χ3n) is 5.66. The van der Waals surface area contributed by atoms with Gasteiger partial charge in [0.1, 0.15) is 11.9 Å². The number of carboxylic acid groups (broad SMARTS) is 1. The van der Waals surface area contributed by atoms with Crippen LogP contribution in [0.2, 0.25) is 0 Å². The number of nitrogens with zero attached hydrogens (tertiary/aromatic N) is 1. The van der Waals surface area contributed by atoms with Gasteiger partial charge in [-0.05, 0) is 60.7 Å². The summed E-state index contributed by atoms with van der Waals surface area (Å²) in [6.07, 6.45) is -1.69. The Morgan fingerprint density at radius 3 is 2.31 bits per heavy atom. The first-order chi connectivity index (χ1) is 17.0. The van der Waals surface area contributed by atoms with Crippen LogP contribution in [0.25, 0.3) is 5.70 Å². The quantitative estimate of drug-likeness (QED) is 0.414. The van der Waals surface area contributed by atoms with Crippen molar-refractivity contribution >= 4 is 23.8 Å². The first-order valence-electron chi connectivity index (χ1n) is 11.7. The Morgan fingerprint density at radius 2 is 1.78 bits per heavy atom. The molecule has 9 heteroatoms. The molecule has 2 aromatic carbocycles. The topological polar surface area (TPSA) is 88.0 Å². The van der Waals surface area contributed by atoms with Crippen molar-refractivity contribution in [2.75, 3.05) is 6.54 Å². The van der Waals surface area contributed by atoms with Gasteiger partial charge in [-0.15, -0.1) is 0 Å². The number of benzene rings is 2. The number of carbonyl (C=O) groups is 2. The van der Waals surface area contributed by atoms with Gasteiger partial charge in [0, 0.05) is 23.9 Å². The van der Waals surface area contributed by atoms with Crippen LogP contribution in [0.15, 0.2) is 59.6 Å². The SMILES string of the molecule is CC(C)CC(Oc1ccc(C2=CCC(C(F)(F)F)C=N2)cc1)c1ccc(C(=O)NCCC(=O)O)cc1. The second-order valence-electron chi connectivity index (χ2n) is 9.03. The van der Waals surface area contributed by atoms with Crippen molar-refractivity contribution in [1.29, 1.82) is 0 Å². The fourth-order valence-corrected chi connectivity index (χ4v) is 3.72. The second-order valence-corrected chi connectivity index (χ2v) is 9.03. The number of alkyl halides is 3. The minimum atomic E-state index is -4.29. The number of allylic oxidation sites excluding steroid dienone is 1. The highest BCUT2D eigenvalue weighted by Gasteiger charge is 2.38. The Balaban J connectivity index is 1.66. The van der Waals surface area contributed by atoms with Crippen molar-refractivity contribution in [3.63, 3.8) is 0 Å². The molecule has 0 aromatic heterocycles. The number of aliphatic carboxylic acids is 1. The van der Waals surface area contributed by atoms with Gasteiger partial charge in [-0.2, -0.15) is 13.2 Å². The fourth-order valence-electron chi connectivity index (χ4n) is 3.72. The van der Waals surface area contributed by atoms with Gasteiger partial charge >= 0.3 is 12.1 Å². The molecule has 2 aromatic rings. The van der Waals surface area contributed by atoms with Crippen LogP contribution >= 0.6 is 0 Å². The number of amides is 1. The Bertz CT molecular complexity index is 1110. The number of hydrogen-bond acceptors (Lipinski definition) is 4. The molecule has 3 rings (SSSR count). The van der Waals surface area contributed by atoms with Crippen molar-refractivity contribution < 1.29 is 32.6 Å². The van der Waals surface area contributed by atoms with Crippen LogP contribution in [0.1, 0.15) is 60.7 Å². The van der Waals surface area contributed by atoms with Gasteiger partial charge in [0.05, 0.1) is 18.0 Å². The van der Waals surface area contributed by atoms with Gasteiger partial charge in [0.15, 0.2) is 0 Å². The van der Waals surface area contributed by atoms with E-state index in [1.54, 1.807) is 36.4 Å². The summed E-state index contributed by atoms with van der Waals surface area (Å²) in [6, 6.07) is 14.0. The molecule has 6 nitrogen and oxygen atoms in total. The van der Waals surface area contributed by atoms with Crippen LogP contribution in [0, 0.1) is 11.8 Å². The first-order valence-corrected chi connectivity index (χ1v) is 11.7. The van der Waals surface area contributed by atoms with Gasteiger partial charge in [-0.3, -0.25) is 14.6 Å². The molecule has 0 saturated heterocycles. The third kappa shape index (κ3) is 7.69. The summed E-state index contributed by atoms with van der Waals surface area (Å²) in [7, 11) is 0. The van der Waals surface area contributed by atoms with E-state index in [0.29, 0.717) is 28.5 Å². The van der Waals surface area contributed by atoms with Gasteiger partial charge in [-0.1, -0.05) is 32.1 Å². The number of carbonyl (C=O) groups excluding carboxylic acids is 1. The minimum Gasteiger partial charge on any atom is -0.486 e. The zero-order chi connectivity index (χ0) is 26.3. The average Bonchev–Trinajstić information content (AvgIpc) is 2.83. The van der Waals surface area contributed by atoms with E-state index in [0.717, 1.165) is 18.2 Å². The summed E-state index contributed by atoms with van der Waals surface area (Å²) in [5.41, 5.74) is 2.51. The van der Waals surface area contributed by atoms with Gasteiger partial charge in [0.25, 0.3) is 5.91 Å². The highest BCUT2D eigenvalue weighted by molar-refractivity contribution is 5.94. The van der Waals surface area contributed by atoms with Crippen LogP contribution < -0.4 is 10.1 Å². The second kappa shape index (κ2) is 11.9. The lowest BCUT2D eigenvalue weighted by Crippen LogP contribution is -2.26. The van der Waals surface area contributed by atoms with Crippen LogP contribution in [0.5, 0.6) is 5.75 Å². The van der Waals surface area contributed by atoms with Crippen molar-refractivity contribution in [3.05, 3.63) is 71.3 Å². The smallest absolute Gasteiger partial charge is 0.396 e. The molecule has 0 saturated carbocycles. The standard InChI is InChI=1S/C27H29F3N2O4/c1-17(2)15-24(19-3-5-20(6-4-19)26(35)31-14-13-25(33)34)36-22-10-7-18(8-11-22)23-12-9-21(16-32-23)27(28,29)30/h3-8,10-12,16-17,21,24H,9,13-15H2,1-2H3,(H,31,35)(H,33,34). The van der Waals surface area contributed by atoms with E-state index in [2.05, 4.69) is 24.2 Å². The minimum absolute atomic E-state index is 0.0517. The van der Waals surface area contributed by atoms with Crippen LogP contribution in [0.3, 0.4) is 0 Å². The molecule has 0 radical (unpaired) electrons. The Hall–Kier alpha value is -3.62. The van der Waals surface area contributed by atoms with Crippen LogP contribution in [-0.2, 0) is 4.79 Å². The maximum absolute atomic E-state index is 12.8. The van der Waals surface area contributed by atoms with Crippen molar-refractivity contribution in [2.24, 2.45) is 16.8 Å². The summed E-state index contributed by atoms with van der Waals surface area (Å²) >= 11 is 0. The van der Waals surface area contributed by atoms with Crippen LogP contribution in [0.4, 0.5) is 13.2 Å². The lowest BCUT2D eigenvalue weighted by atomic mass is 9.98. The van der Waals surface area contributed by atoms with E-state index in [-0.39, 0.29) is 31.4 Å². The zero-order valence-corrected chi connectivity index (χ0v) is 20.1. The number of nitrogens with one attached hydrogen (secondary N) is 1. The summed E-state index contributed by atoms with van der Waals surface area (Å²) < 4.78 is 44.7. The Morgan fingerprint density at radius 1 is 1.11 bits per heavy atom. The molecule has 0 spiro atoms. The molecular formula is C27H29F3N2O4. The molecule has 36 heavy (non-hydrogen) atoms. The number of ether oxygens (including phenoxy) is 1. The molecule has 0 fully saturated rings.